The Morgan fingerprint density at radius 3 is 2.50 bits per heavy atom. The second kappa shape index (κ2) is 9.56. The molecule has 0 aliphatic carbocycles. The molecule has 2 N–H and O–H groups in total. The molecule has 3 heterocycles. The highest BCUT2D eigenvalue weighted by molar-refractivity contribution is 7.23. The first-order valence-electron chi connectivity index (χ1n) is 11.8. The molecule has 8 heteroatoms. The Morgan fingerprint density at radius 1 is 1.06 bits per heavy atom. The lowest BCUT2D eigenvalue weighted by molar-refractivity contribution is 0.0910. The molecule has 0 atom stereocenters. The summed E-state index contributed by atoms with van der Waals surface area (Å²) in [5.41, 5.74) is 4.16. The molecule has 2 aromatic carbocycles. The van der Waals surface area contributed by atoms with Crippen LogP contribution in [0.15, 0.2) is 48.7 Å². The first-order valence-corrected chi connectivity index (χ1v) is 12.6. The van der Waals surface area contributed by atoms with E-state index in [0.29, 0.717) is 11.1 Å². The van der Waals surface area contributed by atoms with Crippen LogP contribution in [0.25, 0.3) is 26.4 Å². The number of hydrogen-bond donors (Lipinski definition) is 2. The summed E-state index contributed by atoms with van der Waals surface area (Å²) in [6, 6.07) is 13.5. The number of benzene rings is 2. The standard InChI is InChI=1S/C26H29N5O2S/c1-3-12-30-13-10-20(11-14-30)28-25(33)19-8-9-22-23(15-19)34-26-29-21(16-31(22)26)17-4-6-18(7-5-17)24(32)27-2/h4-9,15-16,20H,3,10-14H2,1-2H3,(H,27,32)(H,28,33). The van der Waals surface area contributed by atoms with Crippen LogP contribution in [-0.2, 0) is 0 Å². The maximum Gasteiger partial charge on any atom is 0.251 e. The predicted octanol–water partition coefficient (Wildman–Crippen LogP) is 4.18. The van der Waals surface area contributed by atoms with E-state index in [1.165, 1.54) is 6.42 Å². The highest BCUT2D eigenvalue weighted by atomic mass is 32.1. The van der Waals surface area contributed by atoms with Crippen molar-refractivity contribution in [2.24, 2.45) is 0 Å². The van der Waals surface area contributed by atoms with Crippen molar-refractivity contribution in [1.82, 2.24) is 24.9 Å². The van der Waals surface area contributed by atoms with Gasteiger partial charge in [0.05, 0.1) is 15.9 Å². The zero-order valence-corrected chi connectivity index (χ0v) is 20.3. The largest absolute Gasteiger partial charge is 0.355 e. The molecule has 4 aromatic rings. The maximum absolute atomic E-state index is 12.9. The summed E-state index contributed by atoms with van der Waals surface area (Å²) in [4.78, 5) is 32.8. The SMILES string of the molecule is CCCN1CCC(NC(=O)c2ccc3c(c2)sc2nc(-c4ccc(C(=O)NC)cc4)cn23)CC1. The number of carbonyl (C=O) groups excluding carboxylic acids is 2. The average Bonchev–Trinajstić information content (AvgIpc) is 3.42. The number of thiazole rings is 1. The molecule has 1 fully saturated rings. The molecule has 0 bridgehead atoms. The van der Waals surface area contributed by atoms with Crippen LogP contribution in [0.5, 0.6) is 0 Å². The Bertz CT molecular complexity index is 1330. The van der Waals surface area contributed by atoms with Crippen LogP contribution >= 0.6 is 11.3 Å². The van der Waals surface area contributed by atoms with Gasteiger partial charge in [0.2, 0.25) is 0 Å². The number of hydrogen-bond acceptors (Lipinski definition) is 5. The van der Waals surface area contributed by atoms with Crippen molar-refractivity contribution >= 4 is 38.3 Å². The Balaban J connectivity index is 1.31. The van der Waals surface area contributed by atoms with Gasteiger partial charge in [-0.3, -0.25) is 14.0 Å². The summed E-state index contributed by atoms with van der Waals surface area (Å²) >= 11 is 1.57. The fourth-order valence-electron chi connectivity index (χ4n) is 4.60. The normalized spacial score (nSPS) is 15.1. The van der Waals surface area contributed by atoms with Gasteiger partial charge in [-0.2, -0.15) is 0 Å². The molecule has 1 aliphatic rings. The Labute approximate surface area is 202 Å². The highest BCUT2D eigenvalue weighted by Gasteiger charge is 2.21. The number of likely N-dealkylation sites (tertiary alicyclic amines) is 1. The quantitative estimate of drug-likeness (QED) is 0.439. The third kappa shape index (κ3) is 4.43. The molecular formula is C26H29N5O2S. The van der Waals surface area contributed by atoms with E-state index in [4.69, 9.17) is 4.98 Å². The van der Waals surface area contributed by atoms with Gasteiger partial charge in [-0.05, 0) is 56.1 Å². The van der Waals surface area contributed by atoms with E-state index in [9.17, 15) is 9.59 Å². The number of nitrogens with zero attached hydrogens (tertiary/aromatic N) is 3. The van der Waals surface area contributed by atoms with Crippen molar-refractivity contribution in [2.75, 3.05) is 26.7 Å². The molecule has 5 rings (SSSR count). The zero-order valence-electron chi connectivity index (χ0n) is 19.5. The monoisotopic (exact) mass is 475 g/mol. The van der Waals surface area contributed by atoms with Gasteiger partial charge in [0.1, 0.15) is 0 Å². The van der Waals surface area contributed by atoms with Crippen LogP contribution in [0.3, 0.4) is 0 Å². The molecule has 1 aliphatic heterocycles. The molecule has 0 spiro atoms. The summed E-state index contributed by atoms with van der Waals surface area (Å²) in [6.07, 6.45) is 5.20. The third-order valence-corrected chi connectivity index (χ3v) is 7.51. The van der Waals surface area contributed by atoms with Crippen LogP contribution in [0.2, 0.25) is 0 Å². The van der Waals surface area contributed by atoms with Crippen molar-refractivity contribution in [3.8, 4) is 11.3 Å². The van der Waals surface area contributed by atoms with E-state index in [1.54, 1.807) is 30.5 Å². The molecular weight excluding hydrogens is 446 g/mol. The fourth-order valence-corrected chi connectivity index (χ4v) is 5.65. The predicted molar refractivity (Wildman–Crippen MR) is 137 cm³/mol. The lowest BCUT2D eigenvalue weighted by Crippen LogP contribution is -2.44. The van der Waals surface area contributed by atoms with Gasteiger partial charge in [0, 0.05) is 49.1 Å². The van der Waals surface area contributed by atoms with Gasteiger partial charge in [-0.1, -0.05) is 30.4 Å². The third-order valence-electron chi connectivity index (χ3n) is 6.49. The molecule has 176 valence electrons. The molecule has 1 saturated heterocycles. The summed E-state index contributed by atoms with van der Waals surface area (Å²) in [5.74, 6) is -0.107. The minimum atomic E-state index is -0.106. The summed E-state index contributed by atoms with van der Waals surface area (Å²) < 4.78 is 3.10. The first-order chi connectivity index (χ1) is 16.6. The highest BCUT2D eigenvalue weighted by Crippen LogP contribution is 2.30. The number of rotatable bonds is 6. The van der Waals surface area contributed by atoms with Gasteiger partial charge >= 0.3 is 0 Å². The van der Waals surface area contributed by atoms with Gasteiger partial charge < -0.3 is 15.5 Å². The fraction of sp³-hybridized carbons (Fsp3) is 0.346. The van der Waals surface area contributed by atoms with Crippen molar-refractivity contribution in [1.29, 1.82) is 0 Å². The van der Waals surface area contributed by atoms with E-state index in [-0.39, 0.29) is 17.9 Å². The van der Waals surface area contributed by atoms with E-state index in [0.717, 1.165) is 58.9 Å². The number of nitrogens with one attached hydrogen (secondary N) is 2. The van der Waals surface area contributed by atoms with Crippen LogP contribution in [-0.4, -0.2) is 58.8 Å². The van der Waals surface area contributed by atoms with E-state index >= 15 is 0 Å². The van der Waals surface area contributed by atoms with Crippen molar-refractivity contribution in [2.45, 2.75) is 32.2 Å². The van der Waals surface area contributed by atoms with Gasteiger partial charge in [0.25, 0.3) is 11.8 Å². The summed E-state index contributed by atoms with van der Waals surface area (Å²) in [7, 11) is 1.62. The minimum Gasteiger partial charge on any atom is -0.355 e. The van der Waals surface area contributed by atoms with E-state index in [1.807, 2.05) is 36.5 Å². The number of carbonyl (C=O) groups is 2. The number of fused-ring (bicyclic) bond motifs is 3. The van der Waals surface area contributed by atoms with Gasteiger partial charge in [-0.15, -0.1) is 0 Å². The summed E-state index contributed by atoms with van der Waals surface area (Å²) in [6.45, 7) is 5.45. The molecule has 0 unspecified atom stereocenters. The van der Waals surface area contributed by atoms with Crippen LogP contribution in [0, 0.1) is 0 Å². The Morgan fingerprint density at radius 2 is 1.79 bits per heavy atom. The Kier molecular flexibility index (Phi) is 6.34. The minimum absolute atomic E-state index is 0.00113. The summed E-state index contributed by atoms with van der Waals surface area (Å²) in [5, 5.41) is 5.86. The van der Waals surface area contributed by atoms with E-state index in [2.05, 4.69) is 26.9 Å². The van der Waals surface area contributed by atoms with Crippen molar-refractivity contribution in [3.05, 3.63) is 59.8 Å². The molecule has 2 aromatic heterocycles. The second-order valence-corrected chi connectivity index (χ2v) is 9.82. The number of amides is 2. The molecule has 34 heavy (non-hydrogen) atoms. The lowest BCUT2D eigenvalue weighted by atomic mass is 10.0. The van der Waals surface area contributed by atoms with Crippen LogP contribution < -0.4 is 10.6 Å². The zero-order chi connectivity index (χ0) is 23.7. The van der Waals surface area contributed by atoms with Gasteiger partial charge in [0.15, 0.2) is 4.96 Å². The molecule has 0 radical (unpaired) electrons. The number of piperidine rings is 1. The van der Waals surface area contributed by atoms with Crippen LogP contribution in [0.4, 0.5) is 0 Å². The van der Waals surface area contributed by atoms with Crippen LogP contribution in [0.1, 0.15) is 46.9 Å². The molecule has 0 saturated carbocycles. The Hall–Kier alpha value is -3.23. The van der Waals surface area contributed by atoms with E-state index < -0.39 is 0 Å². The lowest BCUT2D eigenvalue weighted by Gasteiger charge is -2.32. The second-order valence-electron chi connectivity index (χ2n) is 8.81. The first kappa shape index (κ1) is 22.6. The number of aromatic nitrogens is 2. The molecule has 7 nitrogen and oxygen atoms in total. The topological polar surface area (TPSA) is 78.7 Å². The maximum atomic E-state index is 12.9. The van der Waals surface area contributed by atoms with Gasteiger partial charge in [-0.25, -0.2) is 4.98 Å². The molecule has 2 amide bonds. The smallest absolute Gasteiger partial charge is 0.251 e. The van der Waals surface area contributed by atoms with Crippen molar-refractivity contribution in [3.63, 3.8) is 0 Å². The average molecular weight is 476 g/mol. The number of imidazole rings is 1. The van der Waals surface area contributed by atoms with Crippen molar-refractivity contribution < 1.29 is 9.59 Å².